The first-order chi connectivity index (χ1) is 12.2. The van der Waals surface area contributed by atoms with Gasteiger partial charge < -0.3 is 16.0 Å². The lowest BCUT2D eigenvalue weighted by molar-refractivity contribution is 0.382. The maximum Gasteiger partial charge on any atom is 0.143 e. The minimum atomic E-state index is -1.18. The van der Waals surface area contributed by atoms with E-state index in [1.165, 1.54) is 0 Å². The number of benzene rings is 1. The highest BCUT2D eigenvalue weighted by molar-refractivity contribution is 6.22. The normalized spacial score (nSPS) is 28.9. The van der Waals surface area contributed by atoms with Crippen LogP contribution in [0, 0.1) is 0 Å². The number of piperidine rings is 1. The van der Waals surface area contributed by atoms with Crippen LogP contribution < -0.4 is 16.0 Å². The van der Waals surface area contributed by atoms with Gasteiger partial charge in [0.15, 0.2) is 0 Å². The number of amidine groups is 1. The number of aliphatic imine (C=N–C) groups is 1. The average Bonchev–Trinajstić information content (AvgIpc) is 2.64. The van der Waals surface area contributed by atoms with Crippen LogP contribution in [-0.2, 0) is 0 Å². The van der Waals surface area contributed by atoms with Crippen molar-refractivity contribution >= 4 is 28.8 Å². The summed E-state index contributed by atoms with van der Waals surface area (Å²) in [4.78, 5) is 4.78. The molecule has 1 aromatic carbocycles. The molecule has 3 aliphatic rings. The molecule has 2 aliphatic heterocycles. The number of allylic oxidation sites excluding steroid dienone is 3. The van der Waals surface area contributed by atoms with Gasteiger partial charge in [0.05, 0.1) is 28.8 Å². The molecule has 4 rings (SSSR count). The van der Waals surface area contributed by atoms with E-state index in [9.17, 15) is 4.39 Å². The fourth-order valence-corrected chi connectivity index (χ4v) is 3.91. The van der Waals surface area contributed by atoms with E-state index in [0.29, 0.717) is 12.1 Å². The van der Waals surface area contributed by atoms with Crippen LogP contribution in [0.5, 0.6) is 0 Å². The van der Waals surface area contributed by atoms with Crippen molar-refractivity contribution in [2.75, 3.05) is 30.3 Å². The molecule has 1 fully saturated rings. The van der Waals surface area contributed by atoms with Crippen LogP contribution in [0.2, 0.25) is 0 Å². The van der Waals surface area contributed by atoms with Crippen molar-refractivity contribution in [2.45, 2.75) is 29.9 Å². The smallest absolute Gasteiger partial charge is 0.143 e. The minimum absolute atomic E-state index is 0.225. The molecule has 0 aromatic heterocycles. The van der Waals surface area contributed by atoms with E-state index in [1.807, 2.05) is 24.3 Å². The summed E-state index contributed by atoms with van der Waals surface area (Å²) in [6.45, 7) is 2.17. The molecule has 6 heteroatoms. The number of halogens is 2. The van der Waals surface area contributed by atoms with Gasteiger partial charge in [-0.05, 0) is 43.6 Å². The van der Waals surface area contributed by atoms with E-state index >= 15 is 0 Å². The van der Waals surface area contributed by atoms with E-state index in [4.69, 9.17) is 16.6 Å². The van der Waals surface area contributed by atoms with E-state index in [1.54, 1.807) is 12.2 Å². The molecule has 0 saturated carbocycles. The Kier molecular flexibility index (Phi) is 4.52. The molecule has 1 spiro atoms. The van der Waals surface area contributed by atoms with Crippen LogP contribution in [0.4, 0.5) is 15.8 Å². The van der Waals surface area contributed by atoms with Crippen molar-refractivity contribution in [3.8, 4) is 0 Å². The molecule has 3 N–H and O–H groups in total. The molecule has 1 aliphatic carbocycles. The van der Waals surface area contributed by atoms with Gasteiger partial charge in [-0.2, -0.15) is 0 Å². The molecular formula is C19H22ClFN4. The van der Waals surface area contributed by atoms with Gasteiger partial charge in [0, 0.05) is 0 Å². The highest BCUT2D eigenvalue weighted by Gasteiger charge is 2.40. The lowest BCUT2D eigenvalue weighted by Gasteiger charge is -2.44. The van der Waals surface area contributed by atoms with Gasteiger partial charge in [0.2, 0.25) is 0 Å². The fourth-order valence-electron chi connectivity index (χ4n) is 3.66. The Morgan fingerprint density at radius 1 is 1.20 bits per heavy atom. The summed E-state index contributed by atoms with van der Waals surface area (Å²) in [6.07, 6.45) is 5.96. The number of fused-ring (bicyclic) bond motifs is 1. The molecule has 0 amide bonds. The Labute approximate surface area is 152 Å². The first-order valence-corrected chi connectivity index (χ1v) is 9.17. The van der Waals surface area contributed by atoms with Gasteiger partial charge in [-0.25, -0.2) is 4.39 Å². The number of para-hydroxylation sites is 2. The molecule has 4 nitrogen and oxygen atoms in total. The first-order valence-electron chi connectivity index (χ1n) is 8.73. The van der Waals surface area contributed by atoms with Gasteiger partial charge in [-0.1, -0.05) is 30.4 Å². The van der Waals surface area contributed by atoms with Crippen LogP contribution in [0.1, 0.15) is 12.8 Å². The third-order valence-electron chi connectivity index (χ3n) is 5.12. The van der Waals surface area contributed by atoms with Crippen LogP contribution in [0.15, 0.2) is 53.1 Å². The van der Waals surface area contributed by atoms with E-state index in [0.717, 1.165) is 43.1 Å². The standard InChI is InChI=1S/C19H22ClFN4/c20-14-5-3-4-13(17(14)21)12-23-18-19(8-10-22-11-9-19)25-16-7-2-1-6-15(16)24-18/h1-7,14,17,22,25H,8-12H2,(H,23,24). The Balaban J connectivity index is 1.63. The predicted molar refractivity (Wildman–Crippen MR) is 103 cm³/mol. The second-order valence-electron chi connectivity index (χ2n) is 6.77. The number of hydrogen-bond donors (Lipinski definition) is 3. The van der Waals surface area contributed by atoms with Crippen LogP contribution in [0.25, 0.3) is 0 Å². The zero-order valence-electron chi connectivity index (χ0n) is 13.9. The summed E-state index contributed by atoms with van der Waals surface area (Å²) in [7, 11) is 0. The molecular weight excluding hydrogens is 339 g/mol. The van der Waals surface area contributed by atoms with Crippen molar-refractivity contribution in [1.29, 1.82) is 0 Å². The van der Waals surface area contributed by atoms with Crippen molar-refractivity contribution in [3.63, 3.8) is 0 Å². The zero-order chi connectivity index (χ0) is 17.3. The third-order valence-corrected chi connectivity index (χ3v) is 5.49. The van der Waals surface area contributed by atoms with Crippen molar-refractivity contribution in [1.82, 2.24) is 5.32 Å². The van der Waals surface area contributed by atoms with Gasteiger partial charge in [0.1, 0.15) is 12.0 Å². The predicted octanol–water partition coefficient (Wildman–Crippen LogP) is 3.49. The van der Waals surface area contributed by atoms with E-state index in [2.05, 4.69) is 22.0 Å². The molecule has 1 aromatic rings. The maximum atomic E-state index is 14.3. The van der Waals surface area contributed by atoms with E-state index < -0.39 is 11.5 Å². The Hall–Kier alpha value is -1.85. The number of hydrogen-bond acceptors (Lipinski definition) is 3. The maximum absolute atomic E-state index is 14.3. The van der Waals surface area contributed by atoms with Crippen LogP contribution in [-0.4, -0.2) is 42.6 Å². The highest BCUT2D eigenvalue weighted by Crippen LogP contribution is 2.36. The average molecular weight is 361 g/mol. The molecule has 2 unspecified atom stereocenters. The third kappa shape index (κ3) is 3.18. The SMILES string of the molecule is FC1C(CN=C2Nc3ccccc3NC23CCNCC3)=CC=CC1Cl. The summed E-state index contributed by atoms with van der Waals surface area (Å²) in [5.74, 6) is 0.890. The number of anilines is 2. The highest BCUT2D eigenvalue weighted by atomic mass is 35.5. The topological polar surface area (TPSA) is 48.5 Å². The summed E-state index contributed by atoms with van der Waals surface area (Å²) in [6, 6.07) is 8.13. The molecule has 25 heavy (non-hydrogen) atoms. The largest absolute Gasteiger partial charge is 0.371 e. The summed E-state index contributed by atoms with van der Waals surface area (Å²) < 4.78 is 14.3. The Morgan fingerprint density at radius 2 is 1.96 bits per heavy atom. The number of alkyl halides is 2. The molecule has 1 saturated heterocycles. The Morgan fingerprint density at radius 3 is 2.76 bits per heavy atom. The monoisotopic (exact) mass is 360 g/mol. The quantitative estimate of drug-likeness (QED) is 0.708. The van der Waals surface area contributed by atoms with Gasteiger partial charge in [-0.3, -0.25) is 4.99 Å². The van der Waals surface area contributed by atoms with Gasteiger partial charge in [-0.15, -0.1) is 11.6 Å². The second-order valence-corrected chi connectivity index (χ2v) is 7.27. The van der Waals surface area contributed by atoms with Gasteiger partial charge >= 0.3 is 0 Å². The molecule has 2 atom stereocenters. The molecule has 0 bridgehead atoms. The lowest BCUT2D eigenvalue weighted by atomic mass is 9.84. The second kappa shape index (κ2) is 6.81. The van der Waals surface area contributed by atoms with Crippen molar-refractivity contribution < 1.29 is 4.39 Å². The lowest BCUT2D eigenvalue weighted by Crippen LogP contribution is -2.57. The Bertz CT molecular complexity index is 737. The van der Waals surface area contributed by atoms with Crippen LogP contribution >= 0.6 is 11.6 Å². The minimum Gasteiger partial charge on any atom is -0.371 e. The number of nitrogens with zero attached hydrogens (tertiary/aromatic N) is 1. The number of nitrogens with one attached hydrogen (secondary N) is 3. The van der Waals surface area contributed by atoms with Crippen molar-refractivity contribution in [2.24, 2.45) is 4.99 Å². The summed E-state index contributed by atoms with van der Waals surface area (Å²) in [5, 5.41) is 9.96. The first kappa shape index (κ1) is 16.6. The summed E-state index contributed by atoms with van der Waals surface area (Å²) >= 11 is 6.01. The molecule has 2 heterocycles. The summed E-state index contributed by atoms with van der Waals surface area (Å²) in [5.41, 5.74) is 2.50. The van der Waals surface area contributed by atoms with Gasteiger partial charge in [0.25, 0.3) is 0 Å². The fraction of sp³-hybridized carbons (Fsp3) is 0.421. The zero-order valence-corrected chi connectivity index (χ0v) is 14.7. The van der Waals surface area contributed by atoms with Crippen molar-refractivity contribution in [3.05, 3.63) is 48.1 Å². The van der Waals surface area contributed by atoms with Crippen LogP contribution in [0.3, 0.4) is 0 Å². The van der Waals surface area contributed by atoms with E-state index in [-0.39, 0.29) is 5.54 Å². The number of rotatable bonds is 2. The molecule has 132 valence electrons. The molecule has 0 radical (unpaired) electrons.